The average molecular weight is 414 g/mol. The average Bonchev–Trinajstić information content (AvgIpc) is 3.52. The normalized spacial score (nSPS) is 20.6. The van der Waals surface area contributed by atoms with Gasteiger partial charge in [-0.2, -0.15) is 0 Å². The van der Waals surface area contributed by atoms with Crippen molar-refractivity contribution in [2.75, 3.05) is 19.6 Å². The van der Waals surface area contributed by atoms with Crippen LogP contribution in [-0.4, -0.2) is 55.8 Å². The molecule has 1 saturated carbocycles. The molecule has 1 N–H and O–H groups in total. The van der Waals surface area contributed by atoms with Gasteiger partial charge in [0.15, 0.2) is 0 Å². The number of benzene rings is 2. The lowest BCUT2D eigenvalue weighted by Crippen LogP contribution is -2.53. The second-order valence-corrected chi connectivity index (χ2v) is 9.70. The maximum atomic E-state index is 13.0. The molecule has 0 bridgehead atoms. The van der Waals surface area contributed by atoms with Gasteiger partial charge in [-0.05, 0) is 49.6 Å². The second-order valence-electron chi connectivity index (χ2n) is 7.99. The molecule has 1 saturated heterocycles. The first-order chi connectivity index (χ1) is 13.9. The van der Waals surface area contributed by atoms with E-state index in [1.54, 1.807) is 12.1 Å². The lowest BCUT2D eigenvalue weighted by Gasteiger charge is -2.40. The highest BCUT2D eigenvalue weighted by Crippen LogP contribution is 2.23. The van der Waals surface area contributed by atoms with E-state index in [1.807, 2.05) is 23.1 Å². The van der Waals surface area contributed by atoms with Gasteiger partial charge in [0, 0.05) is 43.8 Å². The minimum atomic E-state index is -3.49. The first-order valence-electron chi connectivity index (χ1n) is 10.1. The van der Waals surface area contributed by atoms with Gasteiger partial charge in [0.1, 0.15) is 0 Å². The highest BCUT2D eigenvalue weighted by molar-refractivity contribution is 7.89. The molecule has 0 aromatic heterocycles. The molecule has 6 nitrogen and oxygen atoms in total. The van der Waals surface area contributed by atoms with E-state index in [0.29, 0.717) is 12.1 Å². The van der Waals surface area contributed by atoms with Crippen molar-refractivity contribution in [3.8, 4) is 0 Å². The minimum Gasteiger partial charge on any atom is -0.333 e. The number of sulfonamides is 1. The summed E-state index contributed by atoms with van der Waals surface area (Å²) in [5.74, 6) is -0.0454. The van der Waals surface area contributed by atoms with E-state index < -0.39 is 10.0 Å². The minimum absolute atomic E-state index is 0.0454. The predicted molar refractivity (Wildman–Crippen MR) is 112 cm³/mol. The van der Waals surface area contributed by atoms with Crippen LogP contribution < -0.4 is 4.72 Å². The second kappa shape index (κ2) is 8.26. The van der Waals surface area contributed by atoms with Crippen LogP contribution in [0.4, 0.5) is 0 Å². The number of carbonyl (C=O) groups excluding carboxylic acids is 1. The Balaban J connectivity index is 1.38. The summed E-state index contributed by atoms with van der Waals surface area (Å²) in [6.07, 6.45) is 1.79. The SMILES string of the molecule is C[C@@H]1CN(Cc2ccccc2)CCN1C(=O)c1ccc(S(=O)(=O)NC2CC2)cc1. The largest absolute Gasteiger partial charge is 0.333 e. The van der Waals surface area contributed by atoms with Gasteiger partial charge in [0.2, 0.25) is 10.0 Å². The Kier molecular flexibility index (Phi) is 5.72. The van der Waals surface area contributed by atoms with E-state index in [2.05, 4.69) is 28.7 Å². The summed E-state index contributed by atoms with van der Waals surface area (Å²) in [7, 11) is -3.49. The molecule has 154 valence electrons. The van der Waals surface area contributed by atoms with Crippen molar-refractivity contribution in [3.05, 3.63) is 65.7 Å². The molecule has 2 aromatic rings. The molecule has 1 atom stereocenters. The lowest BCUT2D eigenvalue weighted by atomic mass is 10.1. The van der Waals surface area contributed by atoms with Crippen molar-refractivity contribution in [2.45, 2.75) is 43.3 Å². The van der Waals surface area contributed by atoms with Gasteiger partial charge in [0.05, 0.1) is 4.90 Å². The van der Waals surface area contributed by atoms with Crippen molar-refractivity contribution in [2.24, 2.45) is 0 Å². The van der Waals surface area contributed by atoms with Crippen molar-refractivity contribution >= 4 is 15.9 Å². The highest BCUT2D eigenvalue weighted by Gasteiger charge is 2.30. The van der Waals surface area contributed by atoms with Crippen LogP contribution in [0.25, 0.3) is 0 Å². The number of amides is 1. The summed E-state index contributed by atoms with van der Waals surface area (Å²) in [5.41, 5.74) is 1.80. The topological polar surface area (TPSA) is 69.7 Å². The molecular formula is C22H27N3O3S. The Bertz CT molecular complexity index is 957. The Hall–Kier alpha value is -2.22. The molecule has 2 fully saturated rings. The molecule has 1 heterocycles. The lowest BCUT2D eigenvalue weighted by molar-refractivity contribution is 0.0475. The molecule has 1 aliphatic carbocycles. The molecule has 29 heavy (non-hydrogen) atoms. The molecule has 2 aromatic carbocycles. The van der Waals surface area contributed by atoms with Crippen molar-refractivity contribution in [1.29, 1.82) is 0 Å². The quantitative estimate of drug-likeness (QED) is 0.790. The third-order valence-electron chi connectivity index (χ3n) is 5.53. The van der Waals surface area contributed by atoms with Gasteiger partial charge >= 0.3 is 0 Å². The first-order valence-corrected chi connectivity index (χ1v) is 11.6. The number of hydrogen-bond acceptors (Lipinski definition) is 4. The van der Waals surface area contributed by atoms with Crippen molar-refractivity contribution in [3.63, 3.8) is 0 Å². The maximum absolute atomic E-state index is 13.0. The zero-order valence-corrected chi connectivity index (χ0v) is 17.4. The number of rotatable bonds is 6. The maximum Gasteiger partial charge on any atom is 0.254 e. The van der Waals surface area contributed by atoms with Crippen LogP contribution in [0.15, 0.2) is 59.5 Å². The van der Waals surface area contributed by atoms with E-state index in [0.717, 1.165) is 32.5 Å². The smallest absolute Gasteiger partial charge is 0.254 e. The molecule has 2 aliphatic rings. The van der Waals surface area contributed by atoms with Crippen LogP contribution in [0.5, 0.6) is 0 Å². The third-order valence-corrected chi connectivity index (χ3v) is 7.07. The van der Waals surface area contributed by atoms with Crippen LogP contribution in [0.3, 0.4) is 0 Å². The molecule has 1 aliphatic heterocycles. The number of carbonyl (C=O) groups is 1. The van der Waals surface area contributed by atoms with E-state index >= 15 is 0 Å². The fourth-order valence-corrected chi connectivity index (χ4v) is 5.06. The Morgan fingerprint density at radius 2 is 1.72 bits per heavy atom. The Morgan fingerprint density at radius 1 is 1.03 bits per heavy atom. The summed E-state index contributed by atoms with van der Waals surface area (Å²) >= 11 is 0. The molecule has 0 radical (unpaired) electrons. The van der Waals surface area contributed by atoms with Gasteiger partial charge < -0.3 is 4.90 Å². The number of nitrogens with one attached hydrogen (secondary N) is 1. The monoisotopic (exact) mass is 413 g/mol. The van der Waals surface area contributed by atoms with E-state index in [1.165, 1.54) is 17.7 Å². The van der Waals surface area contributed by atoms with Crippen LogP contribution in [-0.2, 0) is 16.6 Å². The van der Waals surface area contributed by atoms with Gasteiger partial charge in [-0.25, -0.2) is 13.1 Å². The molecule has 0 spiro atoms. The summed E-state index contributed by atoms with van der Waals surface area (Å²) in [6.45, 7) is 5.25. The van der Waals surface area contributed by atoms with E-state index in [9.17, 15) is 13.2 Å². The summed E-state index contributed by atoms with van der Waals surface area (Å²) in [4.78, 5) is 17.4. The van der Waals surface area contributed by atoms with Gasteiger partial charge in [0.25, 0.3) is 5.91 Å². The Labute approximate surface area is 172 Å². The van der Waals surface area contributed by atoms with Crippen molar-refractivity contribution in [1.82, 2.24) is 14.5 Å². The van der Waals surface area contributed by atoms with Gasteiger partial charge in [-0.15, -0.1) is 0 Å². The highest BCUT2D eigenvalue weighted by atomic mass is 32.2. The van der Waals surface area contributed by atoms with Gasteiger partial charge in [-0.3, -0.25) is 9.69 Å². The number of piperazine rings is 1. The fraction of sp³-hybridized carbons (Fsp3) is 0.409. The summed E-state index contributed by atoms with van der Waals surface area (Å²) < 4.78 is 27.2. The third kappa shape index (κ3) is 4.86. The molecule has 7 heteroatoms. The predicted octanol–water partition coefficient (Wildman–Crippen LogP) is 2.47. The van der Waals surface area contributed by atoms with E-state index in [4.69, 9.17) is 0 Å². The molecule has 1 amide bonds. The zero-order chi connectivity index (χ0) is 20.4. The van der Waals surface area contributed by atoms with Crippen LogP contribution >= 0.6 is 0 Å². The number of hydrogen-bond donors (Lipinski definition) is 1. The van der Waals surface area contributed by atoms with Crippen LogP contribution in [0.1, 0.15) is 35.7 Å². The van der Waals surface area contributed by atoms with Crippen molar-refractivity contribution < 1.29 is 13.2 Å². The van der Waals surface area contributed by atoms with Gasteiger partial charge in [-0.1, -0.05) is 30.3 Å². The Morgan fingerprint density at radius 3 is 2.34 bits per heavy atom. The van der Waals surface area contributed by atoms with E-state index in [-0.39, 0.29) is 22.9 Å². The van der Waals surface area contributed by atoms with Crippen LogP contribution in [0, 0.1) is 0 Å². The van der Waals surface area contributed by atoms with Crippen LogP contribution in [0.2, 0.25) is 0 Å². The fourth-order valence-electron chi connectivity index (χ4n) is 3.75. The summed E-state index contributed by atoms with van der Waals surface area (Å²) in [5, 5.41) is 0. The first kappa shape index (κ1) is 20.1. The molecule has 4 rings (SSSR count). The zero-order valence-electron chi connectivity index (χ0n) is 16.6. The standard InChI is InChI=1S/C22H27N3O3S/c1-17-15-24(16-18-5-3-2-4-6-18)13-14-25(17)22(26)19-7-11-21(12-8-19)29(27,28)23-20-9-10-20/h2-8,11-12,17,20,23H,9-10,13-16H2,1H3/t17-/m1/s1. The molecule has 0 unspecified atom stereocenters. The number of nitrogens with zero attached hydrogens (tertiary/aromatic N) is 2. The molecular weight excluding hydrogens is 386 g/mol. The summed E-state index contributed by atoms with van der Waals surface area (Å²) in [6, 6.07) is 16.8.